The molecule has 0 saturated heterocycles. The number of benzene rings is 4. The van der Waals surface area contributed by atoms with Gasteiger partial charge in [-0.3, -0.25) is 9.59 Å². The molecular formula is C50H50F2N2O2S2. The van der Waals surface area contributed by atoms with Crippen LogP contribution in [0.25, 0.3) is 53.8 Å². The Morgan fingerprint density at radius 3 is 1.28 bits per heavy atom. The van der Waals surface area contributed by atoms with Crippen molar-refractivity contribution < 1.29 is 18.4 Å². The highest BCUT2D eigenvalue weighted by Crippen LogP contribution is 2.51. The van der Waals surface area contributed by atoms with Gasteiger partial charge >= 0.3 is 0 Å². The molecule has 0 radical (unpaired) electrons. The summed E-state index contributed by atoms with van der Waals surface area (Å²) in [7, 11) is 0. The van der Waals surface area contributed by atoms with Gasteiger partial charge in [-0.05, 0) is 118 Å². The number of carbonyl (C=O) groups excluding carboxylic acids is 2. The first-order valence-electron chi connectivity index (χ1n) is 20.9. The number of fused-ring (bicyclic) bond motifs is 3. The van der Waals surface area contributed by atoms with Gasteiger partial charge in [-0.2, -0.15) is 0 Å². The molecule has 0 saturated carbocycles. The van der Waals surface area contributed by atoms with Crippen LogP contribution in [-0.2, 0) is 9.59 Å². The molecule has 2 unspecified atom stereocenters. The van der Waals surface area contributed by atoms with E-state index in [1.54, 1.807) is 46.9 Å². The fourth-order valence-electron chi connectivity index (χ4n) is 8.59. The molecule has 0 fully saturated rings. The fourth-order valence-corrected chi connectivity index (χ4v) is 10.7. The molecule has 4 nitrogen and oxygen atoms in total. The maximum Gasteiger partial charge on any atom is 0.261 e. The van der Waals surface area contributed by atoms with Crippen LogP contribution in [0.3, 0.4) is 0 Å². The Hall–Kier alpha value is -4.92. The van der Waals surface area contributed by atoms with Gasteiger partial charge in [0.25, 0.3) is 11.8 Å². The number of hydrogen-bond acceptors (Lipinski definition) is 4. The van der Waals surface area contributed by atoms with E-state index in [9.17, 15) is 8.78 Å². The predicted molar refractivity (Wildman–Crippen MR) is 238 cm³/mol. The van der Waals surface area contributed by atoms with Gasteiger partial charge in [0.1, 0.15) is 11.6 Å². The molecule has 2 aliphatic heterocycles. The van der Waals surface area contributed by atoms with Gasteiger partial charge in [-0.1, -0.05) is 103 Å². The first kappa shape index (κ1) is 39.9. The first-order chi connectivity index (χ1) is 28.2. The number of thiophene rings is 2. The molecule has 0 bridgehead atoms. The van der Waals surface area contributed by atoms with Crippen LogP contribution in [0.4, 0.5) is 8.78 Å². The van der Waals surface area contributed by atoms with Crippen LogP contribution >= 0.6 is 22.7 Å². The summed E-state index contributed by atoms with van der Waals surface area (Å²) in [4.78, 5) is 38.1. The van der Waals surface area contributed by atoms with E-state index in [2.05, 4.69) is 64.1 Å². The van der Waals surface area contributed by atoms with Crippen molar-refractivity contribution >= 4 is 67.4 Å². The smallest absolute Gasteiger partial charge is 0.261 e. The molecule has 6 aromatic rings. The van der Waals surface area contributed by atoms with Gasteiger partial charge in [0, 0.05) is 22.8 Å². The van der Waals surface area contributed by atoms with E-state index in [-0.39, 0.29) is 23.4 Å². The second kappa shape index (κ2) is 17.1. The second-order valence-corrected chi connectivity index (χ2v) is 18.0. The van der Waals surface area contributed by atoms with Crippen LogP contribution in [0.5, 0.6) is 0 Å². The van der Waals surface area contributed by atoms with E-state index < -0.39 is 0 Å². The zero-order valence-electron chi connectivity index (χ0n) is 33.7. The predicted octanol–water partition coefficient (Wildman–Crippen LogP) is 14.0. The van der Waals surface area contributed by atoms with Crippen molar-refractivity contribution in [2.45, 2.75) is 79.1 Å². The van der Waals surface area contributed by atoms with Crippen molar-refractivity contribution in [1.82, 2.24) is 9.80 Å². The van der Waals surface area contributed by atoms with Crippen LogP contribution < -0.4 is 0 Å². The van der Waals surface area contributed by atoms with E-state index >= 15 is 9.59 Å². The van der Waals surface area contributed by atoms with E-state index in [1.807, 2.05) is 34.1 Å². The Balaban J connectivity index is 1.27. The lowest BCUT2D eigenvalue weighted by Gasteiger charge is -2.29. The maximum atomic E-state index is 15.2. The summed E-state index contributed by atoms with van der Waals surface area (Å²) in [6.45, 7) is 9.88. The molecule has 2 amide bonds. The third-order valence-corrected chi connectivity index (χ3v) is 14.3. The highest BCUT2D eigenvalue weighted by atomic mass is 32.1. The second-order valence-electron chi connectivity index (χ2n) is 15.9. The molecule has 0 N–H and O–H groups in total. The molecule has 0 aliphatic carbocycles. The summed E-state index contributed by atoms with van der Waals surface area (Å²) < 4.78 is 28.0. The van der Waals surface area contributed by atoms with E-state index in [1.165, 1.54) is 12.1 Å². The Kier molecular flexibility index (Phi) is 11.8. The zero-order valence-corrected chi connectivity index (χ0v) is 35.4. The van der Waals surface area contributed by atoms with Crippen LogP contribution in [0, 0.1) is 23.5 Å². The summed E-state index contributed by atoms with van der Waals surface area (Å²) in [5.74, 6) is -0.136. The van der Waals surface area contributed by atoms with Crippen LogP contribution in [0.2, 0.25) is 0 Å². The fraction of sp³-hybridized carbons (Fsp3) is 0.320. The van der Waals surface area contributed by atoms with Crippen LogP contribution in [0.1, 0.15) is 88.8 Å². The normalized spacial score (nSPS) is 15.5. The van der Waals surface area contributed by atoms with Crippen molar-refractivity contribution in [2.24, 2.45) is 11.8 Å². The SMILES string of the molecule is CCCCC(CC)CN1C(=O)C2=C(c3ccc(-c4ccc5cc(F)ccc5c4)s3)N(CC(CC)CCCC)C(=O)C2=C1c1ccc(-c2ccc3cc(F)ccc3c2)s1. The largest absolute Gasteiger partial charge is 0.306 e. The molecule has 8 heteroatoms. The topological polar surface area (TPSA) is 40.6 Å². The minimum atomic E-state index is -0.262. The number of hydrogen-bond donors (Lipinski definition) is 0. The molecule has 2 aliphatic rings. The Labute approximate surface area is 348 Å². The molecule has 0 spiro atoms. The Morgan fingerprint density at radius 2 is 0.879 bits per heavy atom. The number of unbranched alkanes of at least 4 members (excludes halogenated alkanes) is 2. The Bertz CT molecular complexity index is 2400. The van der Waals surface area contributed by atoms with Crippen molar-refractivity contribution in [2.75, 3.05) is 13.1 Å². The van der Waals surface area contributed by atoms with Crippen LogP contribution in [0.15, 0.2) is 108 Å². The van der Waals surface area contributed by atoms with Crippen molar-refractivity contribution in [3.63, 3.8) is 0 Å². The standard InChI is InChI=1S/C50H50F2N2O2S2/c1-5-9-11-31(7-3)29-53-47(43-23-21-41(57-43)37-15-13-35-27-39(51)19-17-33(35)25-37)45-46(49(53)55)48(54(50(45)56)30-32(8-4)12-10-6-2)44-24-22-42(58-44)38-16-14-36-28-40(52)20-18-34(36)26-38/h13-28,31-32H,5-12,29-30H2,1-4H3. The third kappa shape index (κ3) is 7.69. The number of nitrogens with zero attached hydrogens (tertiary/aromatic N) is 2. The minimum absolute atomic E-state index is 0.0993. The maximum absolute atomic E-state index is 15.2. The van der Waals surface area contributed by atoms with E-state index in [0.717, 1.165) is 115 Å². The summed E-state index contributed by atoms with van der Waals surface area (Å²) >= 11 is 3.19. The molecule has 298 valence electrons. The van der Waals surface area contributed by atoms with Crippen molar-refractivity contribution in [1.29, 1.82) is 0 Å². The van der Waals surface area contributed by atoms with Crippen molar-refractivity contribution in [3.05, 3.63) is 130 Å². The molecule has 4 aromatic carbocycles. The number of carbonyl (C=O) groups is 2. The molecule has 2 aromatic heterocycles. The Morgan fingerprint density at radius 1 is 0.500 bits per heavy atom. The van der Waals surface area contributed by atoms with Crippen molar-refractivity contribution in [3.8, 4) is 20.9 Å². The molecule has 58 heavy (non-hydrogen) atoms. The summed E-state index contributed by atoms with van der Waals surface area (Å²) in [6.07, 6.45) is 8.24. The number of amides is 2. The average molecular weight is 813 g/mol. The lowest BCUT2D eigenvalue weighted by molar-refractivity contribution is -0.124. The van der Waals surface area contributed by atoms with Gasteiger partial charge in [-0.15, -0.1) is 22.7 Å². The molecular weight excluding hydrogens is 763 g/mol. The highest BCUT2D eigenvalue weighted by molar-refractivity contribution is 7.17. The zero-order chi connectivity index (χ0) is 40.5. The quantitative estimate of drug-likeness (QED) is 0.0977. The summed E-state index contributed by atoms with van der Waals surface area (Å²) in [5, 5.41) is 3.58. The first-order valence-corrected chi connectivity index (χ1v) is 22.6. The number of rotatable bonds is 16. The highest BCUT2D eigenvalue weighted by Gasteiger charge is 2.50. The van der Waals surface area contributed by atoms with E-state index in [0.29, 0.717) is 36.1 Å². The van der Waals surface area contributed by atoms with Gasteiger partial charge < -0.3 is 9.80 Å². The summed E-state index contributed by atoms with van der Waals surface area (Å²) in [6, 6.07) is 30.0. The van der Waals surface area contributed by atoms with Crippen LogP contribution in [-0.4, -0.2) is 34.7 Å². The van der Waals surface area contributed by atoms with Gasteiger partial charge in [-0.25, -0.2) is 8.78 Å². The number of halogens is 2. The van der Waals surface area contributed by atoms with Gasteiger partial charge in [0.2, 0.25) is 0 Å². The lowest BCUT2D eigenvalue weighted by Crippen LogP contribution is -2.34. The van der Waals surface area contributed by atoms with Gasteiger partial charge in [0.15, 0.2) is 0 Å². The monoisotopic (exact) mass is 812 g/mol. The summed E-state index contributed by atoms with van der Waals surface area (Å²) in [5.41, 5.74) is 4.49. The minimum Gasteiger partial charge on any atom is -0.306 e. The van der Waals surface area contributed by atoms with E-state index in [4.69, 9.17) is 0 Å². The molecule has 2 atom stereocenters. The molecule has 8 rings (SSSR count). The third-order valence-electron chi connectivity index (χ3n) is 12.0. The molecule has 4 heterocycles. The average Bonchev–Trinajstić information content (AvgIpc) is 4.03. The lowest BCUT2D eigenvalue weighted by atomic mass is 9.98. The van der Waals surface area contributed by atoms with Gasteiger partial charge in [0.05, 0.1) is 32.3 Å².